The minimum Gasteiger partial charge on any atom is -0.307 e. The molecule has 62 heavy (non-hydrogen) atoms. The summed E-state index contributed by atoms with van der Waals surface area (Å²) >= 11 is 1.81. The van der Waals surface area contributed by atoms with Crippen molar-refractivity contribution in [1.29, 1.82) is 0 Å². The van der Waals surface area contributed by atoms with Crippen molar-refractivity contribution >= 4 is 85.6 Å². The smallest absolute Gasteiger partial charge is 0.164 e. The van der Waals surface area contributed by atoms with Crippen LogP contribution in [0.4, 0.5) is 0 Å². The molecule has 0 saturated carbocycles. The molecule has 3 heterocycles. The first kappa shape index (κ1) is 34.8. The Labute approximate surface area is 360 Å². The zero-order chi connectivity index (χ0) is 40.7. The van der Waals surface area contributed by atoms with E-state index in [1.165, 1.54) is 58.0 Å². The molecule has 3 aromatic heterocycles. The normalized spacial score (nSPS) is 11.9. The number of nitrogens with zero attached hydrogens (tertiary/aromatic N) is 4. The summed E-state index contributed by atoms with van der Waals surface area (Å²) in [6.45, 7) is 0. The fraction of sp³-hybridized carbons (Fsp3) is 0. The van der Waals surface area contributed by atoms with Gasteiger partial charge < -0.3 is 4.57 Å². The molecule has 0 fully saturated rings. The van der Waals surface area contributed by atoms with Crippen molar-refractivity contribution in [1.82, 2.24) is 19.5 Å². The maximum absolute atomic E-state index is 5.40. The van der Waals surface area contributed by atoms with Crippen LogP contribution in [0, 0.1) is 0 Å². The largest absolute Gasteiger partial charge is 0.307 e. The van der Waals surface area contributed by atoms with Crippen LogP contribution in [0.1, 0.15) is 0 Å². The first-order valence-electron chi connectivity index (χ1n) is 20.9. The van der Waals surface area contributed by atoms with Crippen molar-refractivity contribution in [3.8, 4) is 51.0 Å². The predicted octanol–water partition coefficient (Wildman–Crippen LogP) is 15.5. The van der Waals surface area contributed by atoms with Gasteiger partial charge in [-0.2, -0.15) is 0 Å². The Morgan fingerprint density at radius 2 is 0.919 bits per heavy atom. The average molecular weight is 807 g/mol. The van der Waals surface area contributed by atoms with E-state index in [1.807, 2.05) is 29.5 Å². The van der Waals surface area contributed by atoms with Crippen LogP contribution in [0.25, 0.3) is 125 Å². The molecule has 0 N–H and O–H groups in total. The van der Waals surface area contributed by atoms with Gasteiger partial charge in [0.25, 0.3) is 0 Å². The highest BCUT2D eigenvalue weighted by Crippen LogP contribution is 2.46. The van der Waals surface area contributed by atoms with Crippen LogP contribution in [0.3, 0.4) is 0 Å². The van der Waals surface area contributed by atoms with Gasteiger partial charge in [-0.25, -0.2) is 15.0 Å². The Balaban J connectivity index is 1.15. The maximum Gasteiger partial charge on any atom is 0.164 e. The molecular weight excluding hydrogens is 773 g/mol. The number of fused-ring (bicyclic) bond motifs is 10. The van der Waals surface area contributed by atoms with Crippen molar-refractivity contribution < 1.29 is 0 Å². The second kappa shape index (κ2) is 13.8. The Kier molecular flexibility index (Phi) is 7.74. The van der Waals surface area contributed by atoms with E-state index in [0.29, 0.717) is 17.5 Å². The summed E-state index contributed by atoms with van der Waals surface area (Å²) in [5.74, 6) is 1.90. The van der Waals surface area contributed by atoms with Crippen LogP contribution in [0.5, 0.6) is 0 Å². The third-order valence-corrected chi connectivity index (χ3v) is 13.5. The van der Waals surface area contributed by atoms with Crippen molar-refractivity contribution in [2.75, 3.05) is 0 Å². The molecule has 13 rings (SSSR count). The van der Waals surface area contributed by atoms with E-state index < -0.39 is 0 Å². The standard InChI is InChI=1S/C57H34N4S/c1-3-15-35(16-4-1)46-34-49(57-59-55(37-18-5-2-6-19-37)58-56(60-57)40-28-30-52-48(32-40)43-24-13-14-26-51(43)62-52)42-23-11-12-25-44(42)54(46)61-50-33-39-21-8-7-20-38(39)31-47(50)45-29-27-36-17-9-10-22-41(36)53(45)61/h1-34H. The molecule has 0 unspecified atom stereocenters. The average Bonchev–Trinajstić information content (AvgIpc) is 3.88. The van der Waals surface area contributed by atoms with Gasteiger partial charge in [0.2, 0.25) is 0 Å². The number of thiophene rings is 1. The number of benzene rings is 10. The van der Waals surface area contributed by atoms with Gasteiger partial charge >= 0.3 is 0 Å². The maximum atomic E-state index is 5.40. The van der Waals surface area contributed by atoms with E-state index in [-0.39, 0.29) is 0 Å². The summed E-state index contributed by atoms with van der Waals surface area (Å²) in [4.78, 5) is 15.9. The lowest BCUT2D eigenvalue weighted by molar-refractivity contribution is 1.08. The lowest BCUT2D eigenvalue weighted by Gasteiger charge is -2.20. The van der Waals surface area contributed by atoms with Gasteiger partial charge in [0.05, 0.1) is 16.7 Å². The van der Waals surface area contributed by atoms with Crippen LogP contribution < -0.4 is 0 Å². The Morgan fingerprint density at radius 1 is 0.323 bits per heavy atom. The van der Waals surface area contributed by atoms with Crippen molar-refractivity contribution in [2.24, 2.45) is 0 Å². The monoisotopic (exact) mass is 806 g/mol. The summed E-state index contributed by atoms with van der Waals surface area (Å²) in [7, 11) is 0. The van der Waals surface area contributed by atoms with Crippen LogP contribution in [-0.4, -0.2) is 19.5 Å². The molecule has 4 nitrogen and oxygen atoms in total. The fourth-order valence-electron chi connectivity index (χ4n) is 9.53. The lowest BCUT2D eigenvalue weighted by atomic mass is 9.93. The molecule has 0 aliphatic heterocycles. The van der Waals surface area contributed by atoms with Gasteiger partial charge in [0, 0.05) is 64.0 Å². The third kappa shape index (κ3) is 5.42. The van der Waals surface area contributed by atoms with Crippen molar-refractivity contribution in [2.45, 2.75) is 0 Å². The van der Waals surface area contributed by atoms with Crippen LogP contribution in [-0.2, 0) is 0 Å². The predicted molar refractivity (Wildman–Crippen MR) is 261 cm³/mol. The summed E-state index contributed by atoms with van der Waals surface area (Å²) in [6.07, 6.45) is 0. The molecule has 0 spiro atoms. The molecule has 0 amide bonds. The molecule has 0 saturated heterocycles. The fourth-order valence-corrected chi connectivity index (χ4v) is 10.6. The number of hydrogen-bond donors (Lipinski definition) is 0. The van der Waals surface area contributed by atoms with Gasteiger partial charge in [-0.05, 0) is 69.6 Å². The van der Waals surface area contributed by atoms with Gasteiger partial charge in [0.1, 0.15) is 0 Å². The Bertz CT molecular complexity index is 3920. The SMILES string of the molecule is c1ccc(-c2nc(-c3ccc4sc5ccccc5c4c3)nc(-c3cc(-c4ccccc4)c(-n4c5cc6ccccc6cc5c5ccc6ccccc6c54)c4ccccc34)n2)cc1. The number of hydrogen-bond acceptors (Lipinski definition) is 4. The third-order valence-electron chi connectivity index (χ3n) is 12.4. The molecule has 10 aromatic carbocycles. The van der Waals surface area contributed by atoms with E-state index >= 15 is 0 Å². The number of rotatable bonds is 5. The van der Waals surface area contributed by atoms with Crippen LogP contribution >= 0.6 is 11.3 Å². The first-order chi connectivity index (χ1) is 30.7. The molecule has 0 bridgehead atoms. The molecule has 0 radical (unpaired) electrons. The van der Waals surface area contributed by atoms with Crippen molar-refractivity contribution in [3.63, 3.8) is 0 Å². The first-order valence-corrected chi connectivity index (χ1v) is 21.7. The molecule has 0 aliphatic rings. The minimum absolute atomic E-state index is 0.628. The Morgan fingerprint density at radius 3 is 1.71 bits per heavy atom. The summed E-state index contributed by atoms with van der Waals surface area (Å²) in [5.41, 5.74) is 8.51. The van der Waals surface area contributed by atoms with Gasteiger partial charge in [-0.15, -0.1) is 11.3 Å². The van der Waals surface area contributed by atoms with Crippen LogP contribution in [0.15, 0.2) is 206 Å². The second-order valence-electron chi connectivity index (χ2n) is 15.9. The zero-order valence-corrected chi connectivity index (χ0v) is 34.1. The minimum atomic E-state index is 0.628. The van der Waals surface area contributed by atoms with Crippen LogP contribution in [0.2, 0.25) is 0 Å². The Hall–Kier alpha value is -7.99. The lowest BCUT2D eigenvalue weighted by Crippen LogP contribution is -2.03. The van der Waals surface area contributed by atoms with E-state index in [2.05, 4.69) is 193 Å². The summed E-state index contributed by atoms with van der Waals surface area (Å²) in [6, 6.07) is 74.1. The highest BCUT2D eigenvalue weighted by molar-refractivity contribution is 7.25. The van der Waals surface area contributed by atoms with Gasteiger partial charge in [0.15, 0.2) is 17.5 Å². The number of aromatic nitrogens is 4. The highest BCUT2D eigenvalue weighted by Gasteiger charge is 2.24. The van der Waals surface area contributed by atoms with E-state index in [0.717, 1.165) is 49.8 Å². The van der Waals surface area contributed by atoms with E-state index in [1.54, 1.807) is 0 Å². The highest BCUT2D eigenvalue weighted by atomic mass is 32.1. The molecule has 5 heteroatoms. The van der Waals surface area contributed by atoms with E-state index in [9.17, 15) is 0 Å². The van der Waals surface area contributed by atoms with Gasteiger partial charge in [-0.1, -0.05) is 164 Å². The molecule has 0 atom stereocenters. The molecule has 0 aliphatic carbocycles. The molecule has 288 valence electrons. The molecular formula is C57H34N4S. The topological polar surface area (TPSA) is 43.6 Å². The van der Waals surface area contributed by atoms with Gasteiger partial charge in [-0.3, -0.25) is 0 Å². The van der Waals surface area contributed by atoms with Crippen molar-refractivity contribution in [3.05, 3.63) is 206 Å². The second-order valence-corrected chi connectivity index (χ2v) is 17.0. The summed E-state index contributed by atoms with van der Waals surface area (Å²) in [5, 5.41) is 11.9. The summed E-state index contributed by atoms with van der Waals surface area (Å²) < 4.78 is 5.04. The zero-order valence-electron chi connectivity index (χ0n) is 33.3. The van der Waals surface area contributed by atoms with E-state index in [4.69, 9.17) is 15.0 Å². The quantitative estimate of drug-likeness (QED) is 0.174. The molecule has 13 aromatic rings.